The van der Waals surface area contributed by atoms with Crippen molar-refractivity contribution in [3.8, 4) is 0 Å². The molecular formula is C9H18O. The van der Waals surface area contributed by atoms with Crippen molar-refractivity contribution in [2.45, 2.75) is 34.1 Å². The molecule has 0 aromatic rings. The first kappa shape index (κ1) is 9.54. The largest absolute Gasteiger partial charge is 0.501 e. The molecule has 0 amide bonds. The topological polar surface area (TPSA) is 9.23 Å². The Balaban J connectivity index is 3.97. The summed E-state index contributed by atoms with van der Waals surface area (Å²) in [7, 11) is 1.74. The third-order valence-electron chi connectivity index (χ3n) is 1.40. The van der Waals surface area contributed by atoms with E-state index < -0.39 is 0 Å². The zero-order valence-corrected chi connectivity index (χ0v) is 7.69. The summed E-state index contributed by atoms with van der Waals surface area (Å²) in [6.07, 6.45) is 1.05. The summed E-state index contributed by atoms with van der Waals surface area (Å²) in [5, 5.41) is 0. The van der Waals surface area contributed by atoms with Gasteiger partial charge in [-0.2, -0.15) is 0 Å². The molecule has 1 heteroatoms. The number of hydrogen-bond acceptors (Lipinski definition) is 1. The highest BCUT2D eigenvalue weighted by Crippen LogP contribution is 2.14. The number of methoxy groups -OCH3 is 1. The van der Waals surface area contributed by atoms with Gasteiger partial charge in [0, 0.05) is 6.42 Å². The molecule has 0 radical (unpaired) electrons. The Labute approximate surface area is 64.1 Å². The first-order valence-corrected chi connectivity index (χ1v) is 3.78. The van der Waals surface area contributed by atoms with Crippen molar-refractivity contribution in [2.24, 2.45) is 5.92 Å². The molecule has 60 valence electrons. The maximum absolute atomic E-state index is 5.20. The van der Waals surface area contributed by atoms with Gasteiger partial charge in [-0.3, -0.25) is 0 Å². The lowest BCUT2D eigenvalue weighted by molar-refractivity contribution is 0.260. The number of allylic oxidation sites excluding steroid dienone is 2. The molecule has 0 atom stereocenters. The molecule has 0 fully saturated rings. The number of rotatable bonds is 3. The van der Waals surface area contributed by atoms with Gasteiger partial charge < -0.3 is 4.74 Å². The van der Waals surface area contributed by atoms with Gasteiger partial charge in [-0.1, -0.05) is 13.8 Å². The van der Waals surface area contributed by atoms with Gasteiger partial charge >= 0.3 is 0 Å². The fraction of sp³-hybridized carbons (Fsp3) is 0.778. The molecule has 0 unspecified atom stereocenters. The first-order chi connectivity index (χ1) is 4.57. The molecule has 0 saturated carbocycles. The summed E-state index contributed by atoms with van der Waals surface area (Å²) in [6.45, 7) is 8.56. The molecular weight excluding hydrogens is 124 g/mol. The van der Waals surface area contributed by atoms with Gasteiger partial charge in [0.15, 0.2) is 0 Å². The monoisotopic (exact) mass is 142 g/mol. The Morgan fingerprint density at radius 1 is 1.30 bits per heavy atom. The highest BCUT2D eigenvalue weighted by atomic mass is 16.5. The maximum atomic E-state index is 5.20. The smallest absolute Gasteiger partial charge is 0.0944 e. The van der Waals surface area contributed by atoms with Gasteiger partial charge in [0.2, 0.25) is 0 Å². The van der Waals surface area contributed by atoms with Gasteiger partial charge in [0.25, 0.3) is 0 Å². The Bertz CT molecular complexity index is 119. The zero-order chi connectivity index (χ0) is 8.15. The molecule has 0 aromatic carbocycles. The van der Waals surface area contributed by atoms with E-state index >= 15 is 0 Å². The summed E-state index contributed by atoms with van der Waals surface area (Å²) in [5.74, 6) is 1.82. The third-order valence-corrected chi connectivity index (χ3v) is 1.40. The fourth-order valence-electron chi connectivity index (χ4n) is 0.862. The molecule has 0 saturated heterocycles. The van der Waals surface area contributed by atoms with Crippen LogP contribution in [-0.2, 0) is 4.74 Å². The second-order valence-corrected chi connectivity index (χ2v) is 3.23. The van der Waals surface area contributed by atoms with E-state index in [-0.39, 0.29) is 0 Å². The fourth-order valence-corrected chi connectivity index (χ4v) is 0.862. The van der Waals surface area contributed by atoms with E-state index in [0.29, 0.717) is 5.92 Å². The molecule has 1 nitrogen and oxygen atoms in total. The Hall–Kier alpha value is -0.460. The van der Waals surface area contributed by atoms with Crippen LogP contribution >= 0.6 is 0 Å². The number of ether oxygens (including phenoxy) is 1. The third kappa shape index (κ3) is 3.54. The normalized spacial score (nSPS) is 9.80. The quantitative estimate of drug-likeness (QED) is 0.550. The zero-order valence-electron chi connectivity index (χ0n) is 7.69. The average molecular weight is 142 g/mol. The molecule has 0 N–H and O–H groups in total. The van der Waals surface area contributed by atoms with E-state index in [4.69, 9.17) is 4.74 Å². The predicted molar refractivity (Wildman–Crippen MR) is 44.8 cm³/mol. The van der Waals surface area contributed by atoms with E-state index in [1.807, 2.05) is 0 Å². The molecule has 0 aliphatic heterocycles. The van der Waals surface area contributed by atoms with Crippen LogP contribution in [-0.4, -0.2) is 7.11 Å². The Kier molecular flexibility index (Phi) is 4.17. The van der Waals surface area contributed by atoms with Gasteiger partial charge in [-0.25, -0.2) is 0 Å². The second-order valence-electron chi connectivity index (χ2n) is 3.23. The van der Waals surface area contributed by atoms with Crippen molar-refractivity contribution in [3.05, 3.63) is 11.3 Å². The number of hydrogen-bond donors (Lipinski definition) is 0. The molecule has 0 bridgehead atoms. The van der Waals surface area contributed by atoms with E-state index in [9.17, 15) is 0 Å². The minimum Gasteiger partial charge on any atom is -0.501 e. The van der Waals surface area contributed by atoms with Gasteiger partial charge in [-0.05, 0) is 25.3 Å². The van der Waals surface area contributed by atoms with Crippen molar-refractivity contribution in [2.75, 3.05) is 7.11 Å². The molecule has 0 aliphatic carbocycles. The lowest BCUT2D eigenvalue weighted by Gasteiger charge is -2.10. The van der Waals surface area contributed by atoms with E-state index in [1.54, 1.807) is 7.11 Å². The standard InChI is InChI=1S/C9H18O/c1-7(2)6-9(10-5)8(3)4/h7H,6H2,1-5H3. The molecule has 0 aliphatic rings. The van der Waals surface area contributed by atoms with Crippen LogP contribution in [0.1, 0.15) is 34.1 Å². The van der Waals surface area contributed by atoms with Crippen LogP contribution in [0.25, 0.3) is 0 Å². The van der Waals surface area contributed by atoms with E-state index in [0.717, 1.165) is 12.2 Å². The first-order valence-electron chi connectivity index (χ1n) is 3.78. The Morgan fingerprint density at radius 3 is 1.90 bits per heavy atom. The summed E-state index contributed by atoms with van der Waals surface area (Å²) in [4.78, 5) is 0. The molecule has 0 rings (SSSR count). The predicted octanol–water partition coefficient (Wildman–Crippen LogP) is 2.97. The van der Waals surface area contributed by atoms with Crippen molar-refractivity contribution in [1.82, 2.24) is 0 Å². The lowest BCUT2D eigenvalue weighted by atomic mass is 10.1. The minimum absolute atomic E-state index is 0.685. The minimum atomic E-state index is 0.685. The van der Waals surface area contributed by atoms with Crippen molar-refractivity contribution in [1.29, 1.82) is 0 Å². The summed E-state index contributed by atoms with van der Waals surface area (Å²) in [6, 6.07) is 0. The van der Waals surface area contributed by atoms with E-state index in [2.05, 4.69) is 27.7 Å². The van der Waals surface area contributed by atoms with E-state index in [1.165, 1.54) is 5.57 Å². The molecule has 0 heterocycles. The van der Waals surface area contributed by atoms with Crippen LogP contribution in [0.3, 0.4) is 0 Å². The van der Waals surface area contributed by atoms with Crippen LogP contribution in [0.5, 0.6) is 0 Å². The highest BCUT2D eigenvalue weighted by molar-refractivity contribution is 5.02. The summed E-state index contributed by atoms with van der Waals surface area (Å²) in [5.41, 5.74) is 1.29. The lowest BCUT2D eigenvalue weighted by Crippen LogP contribution is -1.95. The SMILES string of the molecule is COC(CC(C)C)=C(C)C. The van der Waals surface area contributed by atoms with Crippen molar-refractivity contribution < 1.29 is 4.74 Å². The highest BCUT2D eigenvalue weighted by Gasteiger charge is 2.01. The van der Waals surface area contributed by atoms with Crippen LogP contribution in [0, 0.1) is 5.92 Å². The molecule has 0 aromatic heterocycles. The van der Waals surface area contributed by atoms with Crippen molar-refractivity contribution in [3.63, 3.8) is 0 Å². The van der Waals surface area contributed by atoms with Gasteiger partial charge in [0.1, 0.15) is 0 Å². The van der Waals surface area contributed by atoms with Crippen LogP contribution in [0.4, 0.5) is 0 Å². The summed E-state index contributed by atoms with van der Waals surface area (Å²) < 4.78 is 5.20. The maximum Gasteiger partial charge on any atom is 0.0944 e. The van der Waals surface area contributed by atoms with Crippen LogP contribution in [0.15, 0.2) is 11.3 Å². The Morgan fingerprint density at radius 2 is 1.80 bits per heavy atom. The average Bonchev–Trinajstić information content (AvgIpc) is 1.81. The second kappa shape index (κ2) is 4.37. The van der Waals surface area contributed by atoms with Crippen LogP contribution in [0.2, 0.25) is 0 Å². The van der Waals surface area contributed by atoms with Crippen LogP contribution < -0.4 is 0 Å². The van der Waals surface area contributed by atoms with Gasteiger partial charge in [-0.15, -0.1) is 0 Å². The molecule has 10 heavy (non-hydrogen) atoms. The van der Waals surface area contributed by atoms with Crippen molar-refractivity contribution >= 4 is 0 Å². The summed E-state index contributed by atoms with van der Waals surface area (Å²) >= 11 is 0. The van der Waals surface area contributed by atoms with Gasteiger partial charge in [0.05, 0.1) is 12.9 Å². The molecule has 0 spiro atoms.